The second-order valence-electron chi connectivity index (χ2n) is 30.2. The predicted molar refractivity (Wildman–Crippen MR) is 442 cm³/mol. The number of anilines is 1. The van der Waals surface area contributed by atoms with Gasteiger partial charge in [-0.15, -0.1) is 0 Å². The topological polar surface area (TPSA) is 551 Å². The van der Waals surface area contributed by atoms with Crippen LogP contribution < -0.4 is 53.6 Å². The quantitative estimate of drug-likeness (QED) is 0.00438. The molecule has 2 aromatic rings. The van der Waals surface area contributed by atoms with Crippen molar-refractivity contribution in [2.75, 3.05) is 65.3 Å². The lowest BCUT2D eigenvalue weighted by Gasteiger charge is -2.33. The van der Waals surface area contributed by atoms with Gasteiger partial charge in [0.25, 0.3) is 5.91 Å². The Morgan fingerprint density at radius 2 is 1.37 bits per heavy atom. The van der Waals surface area contributed by atoms with E-state index in [1.807, 2.05) is 0 Å². The average Bonchev–Trinajstić information content (AvgIpc) is 0.831. The van der Waals surface area contributed by atoms with E-state index in [0.717, 1.165) is 4.90 Å². The van der Waals surface area contributed by atoms with Gasteiger partial charge in [0, 0.05) is 81.6 Å². The van der Waals surface area contributed by atoms with Gasteiger partial charge in [-0.3, -0.25) is 47.4 Å². The number of amides is 12. The lowest BCUT2D eigenvalue weighted by molar-refractivity contribution is -0.155. The Kier molecular flexibility index (Phi) is 47.2. The molecule has 2 aromatic carbocycles. The number of ether oxygens (including phenoxy) is 4. The third-order valence-electron chi connectivity index (χ3n) is 19.4. The number of nitrogens with two attached hydrogens (primary N) is 1. The summed E-state index contributed by atoms with van der Waals surface area (Å²) in [4.78, 5) is 202. The summed E-state index contributed by atoms with van der Waals surface area (Å²) >= 11 is 0. The summed E-state index contributed by atoms with van der Waals surface area (Å²) in [6.07, 6.45) is 2.11. The van der Waals surface area contributed by atoms with Crippen LogP contribution in [0.25, 0.3) is 10.4 Å². The number of esters is 2. The number of hydrogen-bond acceptors (Lipinski definition) is 23. The highest BCUT2D eigenvalue weighted by molar-refractivity contribution is 7.61. The molecular weight excluding hydrogens is 1600 g/mol. The van der Waals surface area contributed by atoms with E-state index in [9.17, 15) is 81.2 Å². The summed E-state index contributed by atoms with van der Waals surface area (Å²) < 4.78 is 62.5. The highest BCUT2D eigenvalue weighted by Gasteiger charge is 2.40. The fourth-order valence-electron chi connectivity index (χ4n) is 12.1. The Balaban J connectivity index is 1.61. The SMILES string of the molecule is C/C=C(\C)[C@H]1OC(=O)[C@@H](C)NC(=O)[C@H]([C@H](C)CC)NC(=O)CN(C)C(=O)[C@@H](Cc2ccccc2)N(C)C(=O)[C@H](C)NC(=O)[C@@H](CC(C)C)OC(=O)/C(C)=C/C[C@H](OC(=O)NCCCCCCCOP(=O)(O)OP(=O)(O)OCCNC(=O)OCc2ccc(NC(=O)[C@@H](CCCNC(N)=O)NC(=O)[C@H](NC(=O)CCCCCN=[N+]=[N-])C(C)C)cc2)[C@@H]1C. The highest BCUT2D eigenvalue weighted by Crippen LogP contribution is 2.60. The number of nitrogens with zero attached hydrogens (tertiary/aromatic N) is 5. The lowest BCUT2D eigenvalue weighted by atomic mass is 9.90. The number of allylic oxidation sites excluding steroid dienone is 1. The number of phosphoric ester groups is 2. The van der Waals surface area contributed by atoms with Crippen LogP contribution in [0.4, 0.5) is 20.1 Å². The van der Waals surface area contributed by atoms with Crippen molar-refractivity contribution in [1.29, 1.82) is 0 Å². The van der Waals surface area contributed by atoms with Gasteiger partial charge in [0.1, 0.15) is 55.1 Å². The van der Waals surface area contributed by atoms with Crippen LogP contribution in [0, 0.1) is 23.7 Å². The second-order valence-corrected chi connectivity index (χ2v) is 33.2. The molecule has 0 radical (unpaired) electrons. The molecule has 1 heterocycles. The van der Waals surface area contributed by atoms with Crippen LogP contribution in [0.3, 0.4) is 0 Å². The van der Waals surface area contributed by atoms with E-state index in [1.165, 1.54) is 70.1 Å². The van der Waals surface area contributed by atoms with Crippen LogP contribution in [0.1, 0.15) is 184 Å². The summed E-state index contributed by atoms with van der Waals surface area (Å²) in [7, 11) is -7.64. The van der Waals surface area contributed by atoms with Crippen LogP contribution >= 0.6 is 15.6 Å². The zero-order valence-electron chi connectivity index (χ0n) is 71.2. The standard InChI is InChI=1S/C79H125N15O24P2/c1-15-51(7)67-72(100)87-56(12)76(104)117-68(52(8)16-2)54(10)62(38-33-53(9)75(103)115-63(45-49(3)4)70(98)86-55(11)73(101)94(14)61(46-57-29-22-20-23-30-57)74(102)93(13)47-65(96)91-67)116-79(107)83-39-25-18-17-19-27-43-113-119(108,109)118-120(110,111)114-44-42-84-78(106)112-48-58-34-36-59(37-35-58)88-69(97)60(31-28-40-82-77(80)105)89-71(99)66(50(5)6)90-64(95)32-24-21-26-41-85-92-81/h16,20,22-23,29-30,33-37,49-51,54-56,60-63,66-68H,15,17-19,21,24-28,31-32,38-48H2,1-14H3,(H,83,107)(H,84,106)(H,86,98)(H,87,100)(H,88,97)(H,89,99)(H,90,95)(H,91,96)(H,108,109)(H,110,111)(H3,80,82,105)/b52-16+,53-33+/t51-,54+,55+,56-,60-,61-,62+,63-,66-,67+,68-/m1/s1. The lowest BCUT2D eigenvalue weighted by Crippen LogP contribution is -2.57. The molecule has 0 fully saturated rings. The van der Waals surface area contributed by atoms with Gasteiger partial charge in [0.2, 0.25) is 41.4 Å². The first-order chi connectivity index (χ1) is 56.6. The fraction of sp³-hybridized carbons (Fsp3) is 0.633. The maximum atomic E-state index is 14.4. The number of urea groups is 1. The van der Waals surface area contributed by atoms with E-state index in [0.29, 0.717) is 80.3 Å². The Hall–Kier alpha value is -10.0. The zero-order valence-corrected chi connectivity index (χ0v) is 73.0. The van der Waals surface area contributed by atoms with Gasteiger partial charge in [-0.05, 0) is 132 Å². The molecule has 3 rings (SSSR count). The molecule has 2 unspecified atom stereocenters. The number of unbranched alkanes of at least 4 members (excludes halogenated alkanes) is 6. The number of carbonyl (C=O) groups excluding carboxylic acids is 13. The first kappa shape index (κ1) is 104. The summed E-state index contributed by atoms with van der Waals surface area (Å²) in [6, 6.07) is 7.07. The molecule has 41 heteroatoms. The molecular formula is C79H125N15O24P2. The predicted octanol–water partition coefficient (Wildman–Crippen LogP) is 7.98. The van der Waals surface area contributed by atoms with Gasteiger partial charge in [-0.1, -0.05) is 140 Å². The number of phosphoric acid groups is 2. The number of hydrogen-bond donors (Lipinski definition) is 12. The van der Waals surface area contributed by atoms with Crippen molar-refractivity contribution < 1.29 is 114 Å². The van der Waals surface area contributed by atoms with Crippen molar-refractivity contribution in [2.45, 2.75) is 241 Å². The van der Waals surface area contributed by atoms with Gasteiger partial charge in [-0.2, -0.15) is 4.31 Å². The van der Waals surface area contributed by atoms with E-state index in [1.54, 1.807) is 98.7 Å². The van der Waals surface area contributed by atoms with E-state index in [-0.39, 0.29) is 94.6 Å². The van der Waals surface area contributed by atoms with E-state index in [2.05, 4.69) is 62.2 Å². The van der Waals surface area contributed by atoms with Crippen molar-refractivity contribution in [2.24, 2.45) is 34.5 Å². The Morgan fingerprint density at radius 1 is 0.742 bits per heavy atom. The molecule has 0 aromatic heterocycles. The van der Waals surface area contributed by atoms with Crippen molar-refractivity contribution in [3.63, 3.8) is 0 Å². The van der Waals surface area contributed by atoms with Gasteiger partial charge in [0.15, 0.2) is 6.10 Å². The third-order valence-corrected chi connectivity index (χ3v) is 22.1. The number of carbonyl (C=O) groups is 13. The van der Waals surface area contributed by atoms with Gasteiger partial charge in [-0.25, -0.2) is 33.1 Å². The Bertz CT molecular complexity index is 3930. The van der Waals surface area contributed by atoms with Gasteiger partial charge < -0.3 is 92.1 Å². The van der Waals surface area contributed by atoms with Crippen LogP contribution in [-0.4, -0.2) is 212 Å². The van der Waals surface area contributed by atoms with E-state index < -0.39 is 173 Å². The minimum atomic E-state index is -5.24. The fourth-order valence-corrected chi connectivity index (χ4v) is 14.2. The Labute approximate surface area is 701 Å². The normalized spacial score (nSPS) is 21.3. The molecule has 12 amide bonds. The Morgan fingerprint density at radius 3 is 2.00 bits per heavy atom. The van der Waals surface area contributed by atoms with Crippen molar-refractivity contribution in [1.82, 2.24) is 52.3 Å². The van der Waals surface area contributed by atoms with Crippen LogP contribution in [-0.2, 0) is 102 Å². The number of likely N-dealkylation sites (N-methyl/N-ethyl adjacent to an activating group) is 2. The average molecular weight is 1730 g/mol. The molecule has 0 spiro atoms. The zero-order chi connectivity index (χ0) is 89.8. The number of rotatable bonds is 41. The molecule has 13 N–H and O–H groups in total. The molecule has 670 valence electrons. The summed E-state index contributed by atoms with van der Waals surface area (Å²) in [6.45, 7) is 18.1. The second kappa shape index (κ2) is 54.3. The third kappa shape index (κ3) is 39.9. The van der Waals surface area contributed by atoms with Gasteiger partial charge in [0.05, 0.1) is 19.8 Å². The molecule has 0 saturated carbocycles. The molecule has 1 aliphatic rings. The highest BCUT2D eigenvalue weighted by atomic mass is 31.3. The smallest absolute Gasteiger partial charge is 0.456 e. The van der Waals surface area contributed by atoms with Crippen LogP contribution in [0.2, 0.25) is 0 Å². The molecule has 0 aliphatic carbocycles. The van der Waals surface area contributed by atoms with Crippen molar-refractivity contribution in [3.8, 4) is 0 Å². The number of benzene rings is 2. The molecule has 0 saturated heterocycles. The number of alkyl carbamates (subject to hydrolysis) is 2. The number of azide groups is 1. The van der Waals surface area contributed by atoms with Crippen molar-refractivity contribution in [3.05, 3.63) is 99.5 Å². The molecule has 39 nitrogen and oxygen atoms in total. The van der Waals surface area contributed by atoms with Gasteiger partial charge >= 0.3 is 45.8 Å². The largest absolute Gasteiger partial charge is 0.481 e. The molecule has 1 aliphatic heterocycles. The van der Waals surface area contributed by atoms with Crippen molar-refractivity contribution >= 4 is 98.7 Å². The summed E-state index contributed by atoms with van der Waals surface area (Å²) in [5, 5.41) is 27.1. The minimum absolute atomic E-state index is 0.00214. The first-order valence-corrected chi connectivity index (χ1v) is 43.3. The maximum Gasteiger partial charge on any atom is 0.481 e. The number of primary amides is 1. The summed E-state index contributed by atoms with van der Waals surface area (Å²) in [5.41, 5.74) is 15.6. The van der Waals surface area contributed by atoms with Crippen LogP contribution in [0.5, 0.6) is 0 Å². The summed E-state index contributed by atoms with van der Waals surface area (Å²) in [5.74, 6) is -8.87. The maximum absolute atomic E-state index is 14.4. The molecule has 0 bridgehead atoms. The monoisotopic (exact) mass is 1730 g/mol. The number of cyclic esters (lactones) is 2. The first-order valence-electron chi connectivity index (χ1n) is 40.3. The molecule has 120 heavy (non-hydrogen) atoms. The van der Waals surface area contributed by atoms with E-state index >= 15 is 0 Å². The van der Waals surface area contributed by atoms with Crippen LogP contribution in [0.15, 0.2) is 83.0 Å². The number of nitrogens with one attached hydrogen (secondary N) is 9. The van der Waals surface area contributed by atoms with E-state index in [4.69, 9.17) is 39.3 Å². The molecule has 13 atom stereocenters. The minimum Gasteiger partial charge on any atom is -0.456 e.